The molecular weight excluding hydrogens is 362 g/mol. The van der Waals surface area contributed by atoms with E-state index in [1.807, 2.05) is 0 Å². The van der Waals surface area contributed by atoms with Crippen molar-refractivity contribution < 1.29 is 19.2 Å². The van der Waals surface area contributed by atoms with Crippen molar-refractivity contribution in [3.8, 4) is 0 Å². The van der Waals surface area contributed by atoms with Crippen LogP contribution in [0.4, 0.5) is 10.6 Å². The Morgan fingerprint density at radius 2 is 2.23 bits per heavy atom. The number of hydrogen-bond donors (Lipinski definition) is 1. The van der Waals surface area contributed by atoms with Gasteiger partial charge < -0.3 is 19.6 Å². The Kier molecular flexibility index (Phi) is 6.66. The van der Waals surface area contributed by atoms with Crippen LogP contribution in [0.1, 0.15) is 5.82 Å². The molecule has 0 aromatic carbocycles. The van der Waals surface area contributed by atoms with Gasteiger partial charge in [-0.1, -0.05) is 34.8 Å². The molecule has 0 aliphatic carbocycles. The van der Waals surface area contributed by atoms with Crippen molar-refractivity contribution in [1.29, 1.82) is 0 Å². The first kappa shape index (κ1) is 18.8. The van der Waals surface area contributed by atoms with Gasteiger partial charge in [-0.25, -0.2) is 14.3 Å². The van der Waals surface area contributed by atoms with E-state index >= 15 is 0 Å². The molecule has 0 bridgehead atoms. The molecule has 0 aliphatic rings. The molecular formula is C10H13Cl3N4O5. The summed E-state index contributed by atoms with van der Waals surface area (Å²) in [6.07, 6.45) is -0.966. The minimum absolute atomic E-state index is 0.0565. The van der Waals surface area contributed by atoms with Gasteiger partial charge in [-0.05, 0) is 4.92 Å². The van der Waals surface area contributed by atoms with Crippen LogP contribution < -0.4 is 5.32 Å². The van der Waals surface area contributed by atoms with Crippen LogP contribution in [0.5, 0.6) is 0 Å². The normalized spacial score (nSPS) is 12.8. The summed E-state index contributed by atoms with van der Waals surface area (Å²) in [6, 6.07) is 0. The van der Waals surface area contributed by atoms with Gasteiger partial charge in [-0.2, -0.15) is 0 Å². The number of imidazole rings is 1. The number of alkyl halides is 3. The number of nitro groups is 1. The van der Waals surface area contributed by atoms with Gasteiger partial charge in [0.25, 0.3) is 0 Å². The van der Waals surface area contributed by atoms with Gasteiger partial charge in [0, 0.05) is 14.0 Å². The molecule has 1 aromatic heterocycles. The van der Waals surface area contributed by atoms with Crippen molar-refractivity contribution in [1.82, 2.24) is 14.9 Å². The number of amides is 1. The number of ether oxygens (including phenoxy) is 2. The highest BCUT2D eigenvalue weighted by Crippen LogP contribution is 2.30. The van der Waals surface area contributed by atoms with Crippen LogP contribution in [0.25, 0.3) is 0 Å². The third-order valence-corrected chi connectivity index (χ3v) is 3.15. The largest absolute Gasteiger partial charge is 0.445 e. The molecule has 1 aromatic rings. The van der Waals surface area contributed by atoms with Crippen molar-refractivity contribution in [3.63, 3.8) is 0 Å². The molecule has 1 atom stereocenters. The second-order valence-corrected chi connectivity index (χ2v) is 6.38. The molecule has 1 heterocycles. The number of rotatable bonds is 6. The van der Waals surface area contributed by atoms with Crippen LogP contribution >= 0.6 is 34.8 Å². The number of halogens is 3. The molecule has 124 valence electrons. The quantitative estimate of drug-likeness (QED) is 0.353. The van der Waals surface area contributed by atoms with Crippen LogP contribution in [0.2, 0.25) is 0 Å². The van der Waals surface area contributed by atoms with Crippen LogP contribution in [-0.4, -0.2) is 44.3 Å². The Balaban J connectivity index is 2.53. The second-order valence-electron chi connectivity index (χ2n) is 4.01. The predicted octanol–water partition coefficient (Wildman–Crippen LogP) is 2.17. The number of carbonyl (C=O) groups excluding carboxylic acids is 1. The van der Waals surface area contributed by atoms with Crippen LogP contribution in [0.3, 0.4) is 0 Å². The molecule has 0 fully saturated rings. The molecule has 22 heavy (non-hydrogen) atoms. The number of methoxy groups -OCH3 is 1. The third-order valence-electron chi connectivity index (χ3n) is 2.55. The topological polar surface area (TPSA) is 109 Å². The zero-order valence-electron chi connectivity index (χ0n) is 11.6. The van der Waals surface area contributed by atoms with E-state index in [4.69, 9.17) is 44.3 Å². The van der Waals surface area contributed by atoms with Gasteiger partial charge in [0.1, 0.15) is 19.3 Å². The average molecular weight is 376 g/mol. The summed E-state index contributed by atoms with van der Waals surface area (Å²) in [4.78, 5) is 25.6. The number of alkyl carbamates (subject to hydrolysis) is 1. The van der Waals surface area contributed by atoms with Crippen molar-refractivity contribution in [3.05, 3.63) is 22.1 Å². The highest BCUT2D eigenvalue weighted by atomic mass is 35.6. The van der Waals surface area contributed by atoms with E-state index in [1.54, 1.807) is 6.92 Å². The molecule has 1 amide bonds. The fourth-order valence-electron chi connectivity index (χ4n) is 1.53. The average Bonchev–Trinajstić information content (AvgIpc) is 2.76. The molecule has 9 nitrogen and oxygen atoms in total. The monoisotopic (exact) mass is 374 g/mol. The van der Waals surface area contributed by atoms with Crippen molar-refractivity contribution >= 4 is 46.7 Å². The lowest BCUT2D eigenvalue weighted by Gasteiger charge is -2.23. The summed E-state index contributed by atoms with van der Waals surface area (Å²) >= 11 is 16.7. The van der Waals surface area contributed by atoms with Crippen LogP contribution in [0.15, 0.2) is 6.20 Å². The van der Waals surface area contributed by atoms with E-state index in [1.165, 1.54) is 11.7 Å². The SMILES string of the molecule is CO[C@@H](NC(=O)OCCn1c([N+](=O)[O-])cnc1C)C(Cl)(Cl)Cl. The molecule has 12 heteroatoms. The molecule has 0 saturated carbocycles. The molecule has 0 aliphatic heterocycles. The number of carbonyl (C=O) groups is 1. The maximum atomic E-state index is 11.5. The van der Waals surface area contributed by atoms with E-state index < -0.39 is 21.0 Å². The standard InChI is InChI=1S/C10H13Cl3N4O5/c1-6-14-5-7(17(19)20)16(6)3-4-22-9(18)15-8(21-2)10(11,12)13/h5,8H,3-4H2,1-2H3,(H,15,18)/t8-/m1/s1. The lowest BCUT2D eigenvalue weighted by atomic mass is 10.6. The maximum absolute atomic E-state index is 11.5. The van der Waals surface area contributed by atoms with E-state index in [0.717, 1.165) is 6.20 Å². The van der Waals surface area contributed by atoms with Crippen LogP contribution in [-0.2, 0) is 16.0 Å². The number of nitrogens with one attached hydrogen (secondary N) is 1. The Bertz CT molecular complexity index is 545. The number of aryl methyl sites for hydroxylation is 1. The third kappa shape index (κ3) is 5.16. The Labute approximate surface area is 140 Å². The summed E-state index contributed by atoms with van der Waals surface area (Å²) in [5.74, 6) is 0.226. The van der Waals surface area contributed by atoms with E-state index in [2.05, 4.69) is 10.3 Å². The first-order valence-electron chi connectivity index (χ1n) is 5.86. The maximum Gasteiger partial charge on any atom is 0.409 e. The minimum Gasteiger partial charge on any atom is -0.445 e. The lowest BCUT2D eigenvalue weighted by molar-refractivity contribution is -0.392. The van der Waals surface area contributed by atoms with E-state index in [-0.39, 0.29) is 19.0 Å². The number of aromatic nitrogens is 2. The highest BCUT2D eigenvalue weighted by Gasteiger charge is 2.34. The van der Waals surface area contributed by atoms with Gasteiger partial charge in [0.15, 0.2) is 12.1 Å². The van der Waals surface area contributed by atoms with Gasteiger partial charge in [-0.15, -0.1) is 0 Å². The van der Waals surface area contributed by atoms with E-state index in [9.17, 15) is 14.9 Å². The van der Waals surface area contributed by atoms with Crippen molar-refractivity contribution in [2.45, 2.75) is 23.5 Å². The molecule has 1 N–H and O–H groups in total. The summed E-state index contributed by atoms with van der Waals surface area (Å²) < 4.78 is 9.08. The Morgan fingerprint density at radius 1 is 1.59 bits per heavy atom. The lowest BCUT2D eigenvalue weighted by Crippen LogP contribution is -2.45. The van der Waals surface area contributed by atoms with Gasteiger partial charge in [0.05, 0.1) is 0 Å². The van der Waals surface area contributed by atoms with Gasteiger partial charge in [-0.3, -0.25) is 5.32 Å². The van der Waals surface area contributed by atoms with Gasteiger partial charge >= 0.3 is 11.9 Å². The number of nitrogens with zero attached hydrogens (tertiary/aromatic N) is 3. The Hall–Kier alpha value is -1.29. The second kappa shape index (κ2) is 7.82. The summed E-state index contributed by atoms with van der Waals surface area (Å²) in [5, 5.41) is 13.0. The zero-order chi connectivity index (χ0) is 16.9. The molecule has 0 saturated heterocycles. The van der Waals surface area contributed by atoms with E-state index in [0.29, 0.717) is 5.82 Å². The fraction of sp³-hybridized carbons (Fsp3) is 0.600. The molecule has 0 unspecified atom stereocenters. The molecule has 1 rings (SSSR count). The summed E-state index contributed by atoms with van der Waals surface area (Å²) in [7, 11) is 1.24. The first-order chi connectivity index (χ1) is 10.2. The first-order valence-corrected chi connectivity index (χ1v) is 6.99. The summed E-state index contributed by atoms with van der Waals surface area (Å²) in [5.41, 5.74) is 0. The Morgan fingerprint density at radius 3 is 2.73 bits per heavy atom. The van der Waals surface area contributed by atoms with Crippen molar-refractivity contribution in [2.75, 3.05) is 13.7 Å². The highest BCUT2D eigenvalue weighted by molar-refractivity contribution is 6.68. The predicted molar refractivity (Wildman–Crippen MR) is 79.2 cm³/mol. The van der Waals surface area contributed by atoms with Crippen molar-refractivity contribution in [2.24, 2.45) is 0 Å². The zero-order valence-corrected chi connectivity index (χ0v) is 13.9. The smallest absolute Gasteiger partial charge is 0.409 e. The molecule has 0 spiro atoms. The minimum atomic E-state index is -1.87. The summed E-state index contributed by atoms with van der Waals surface area (Å²) in [6.45, 7) is 1.51. The van der Waals surface area contributed by atoms with Gasteiger partial charge in [0.2, 0.25) is 3.79 Å². The number of hydrogen-bond acceptors (Lipinski definition) is 6. The molecule has 0 radical (unpaired) electrons. The fourth-order valence-corrected chi connectivity index (χ4v) is 1.96. The van der Waals surface area contributed by atoms with Crippen LogP contribution in [0, 0.1) is 17.0 Å².